The first-order valence-corrected chi connectivity index (χ1v) is 5.29. The van der Waals surface area contributed by atoms with Gasteiger partial charge in [0, 0.05) is 18.3 Å². The van der Waals surface area contributed by atoms with Gasteiger partial charge in [-0.15, -0.1) is 0 Å². The van der Waals surface area contributed by atoms with Gasteiger partial charge >= 0.3 is 0 Å². The summed E-state index contributed by atoms with van der Waals surface area (Å²) in [5.41, 5.74) is 0.929. The van der Waals surface area contributed by atoms with E-state index in [0.717, 1.165) is 23.0 Å². The van der Waals surface area contributed by atoms with Gasteiger partial charge in [-0.3, -0.25) is 0 Å². The van der Waals surface area contributed by atoms with Crippen molar-refractivity contribution in [2.75, 3.05) is 11.9 Å². The summed E-state index contributed by atoms with van der Waals surface area (Å²) in [6.07, 6.45) is 1.74. The summed E-state index contributed by atoms with van der Waals surface area (Å²) < 4.78 is 5.74. The SMILES string of the molecule is CN1c2cc(Cl)ccc2Oc2cccnc21. The largest absolute Gasteiger partial charge is 0.451 e. The lowest BCUT2D eigenvalue weighted by molar-refractivity contribution is 0.472. The van der Waals surface area contributed by atoms with E-state index in [-0.39, 0.29) is 0 Å². The Bertz CT molecular complexity index is 556. The highest BCUT2D eigenvalue weighted by molar-refractivity contribution is 6.31. The van der Waals surface area contributed by atoms with Crippen LogP contribution >= 0.6 is 11.6 Å². The minimum Gasteiger partial charge on any atom is -0.451 e. The minimum absolute atomic E-state index is 0.689. The zero-order chi connectivity index (χ0) is 11.1. The Balaban J connectivity index is 2.19. The number of aromatic nitrogens is 1. The lowest BCUT2D eigenvalue weighted by Gasteiger charge is -2.28. The van der Waals surface area contributed by atoms with Gasteiger partial charge < -0.3 is 9.64 Å². The molecule has 1 aromatic carbocycles. The van der Waals surface area contributed by atoms with E-state index in [1.807, 2.05) is 42.3 Å². The van der Waals surface area contributed by atoms with Gasteiger partial charge in [-0.05, 0) is 30.3 Å². The minimum atomic E-state index is 0.689. The predicted octanol–water partition coefficient (Wildman–Crippen LogP) is 3.61. The summed E-state index contributed by atoms with van der Waals surface area (Å²) in [4.78, 5) is 6.26. The number of fused-ring (bicyclic) bond motifs is 2. The van der Waals surface area contributed by atoms with Crippen molar-refractivity contribution < 1.29 is 4.74 Å². The first-order valence-electron chi connectivity index (χ1n) is 4.92. The summed E-state index contributed by atoms with van der Waals surface area (Å²) in [6.45, 7) is 0. The number of hydrogen-bond acceptors (Lipinski definition) is 3. The standard InChI is InChI=1S/C12H9ClN2O/c1-15-9-7-8(13)4-5-10(9)16-11-3-2-6-14-12(11)15/h2-7H,1H3. The van der Waals surface area contributed by atoms with Gasteiger partial charge in [-0.25, -0.2) is 4.98 Å². The molecule has 0 saturated carbocycles. The number of hydrogen-bond donors (Lipinski definition) is 0. The van der Waals surface area contributed by atoms with E-state index in [1.54, 1.807) is 6.20 Å². The first kappa shape index (κ1) is 9.48. The zero-order valence-corrected chi connectivity index (χ0v) is 9.40. The molecule has 2 heterocycles. The van der Waals surface area contributed by atoms with Gasteiger partial charge in [-0.2, -0.15) is 0 Å². The monoisotopic (exact) mass is 232 g/mol. The van der Waals surface area contributed by atoms with Crippen molar-refractivity contribution in [3.63, 3.8) is 0 Å². The maximum Gasteiger partial charge on any atom is 0.176 e. The molecule has 0 N–H and O–H groups in total. The van der Waals surface area contributed by atoms with Crippen LogP contribution in [0.2, 0.25) is 5.02 Å². The predicted molar refractivity (Wildman–Crippen MR) is 63.8 cm³/mol. The molecule has 2 aromatic rings. The fraction of sp³-hybridized carbons (Fsp3) is 0.0833. The third kappa shape index (κ3) is 1.32. The molecule has 0 saturated heterocycles. The van der Waals surface area contributed by atoms with Crippen LogP contribution in [0.25, 0.3) is 0 Å². The average Bonchev–Trinajstić information content (AvgIpc) is 2.31. The smallest absolute Gasteiger partial charge is 0.176 e. The lowest BCUT2D eigenvalue weighted by atomic mass is 10.2. The second-order valence-electron chi connectivity index (χ2n) is 3.60. The van der Waals surface area contributed by atoms with Crippen molar-refractivity contribution in [1.82, 2.24) is 4.98 Å². The van der Waals surface area contributed by atoms with Crippen molar-refractivity contribution in [3.8, 4) is 11.5 Å². The molecule has 1 aliphatic rings. The van der Waals surface area contributed by atoms with Crippen molar-refractivity contribution in [3.05, 3.63) is 41.6 Å². The third-order valence-electron chi connectivity index (χ3n) is 2.57. The van der Waals surface area contributed by atoms with Crippen LogP contribution in [-0.2, 0) is 0 Å². The van der Waals surface area contributed by atoms with Crippen LogP contribution in [0.4, 0.5) is 11.5 Å². The fourth-order valence-electron chi connectivity index (χ4n) is 1.79. The molecule has 0 unspecified atom stereocenters. The Hall–Kier alpha value is -1.74. The van der Waals surface area contributed by atoms with E-state index in [4.69, 9.17) is 16.3 Å². The highest BCUT2D eigenvalue weighted by Crippen LogP contribution is 2.44. The van der Waals surface area contributed by atoms with Gasteiger partial charge in [-0.1, -0.05) is 11.6 Å². The molecule has 0 bridgehead atoms. The van der Waals surface area contributed by atoms with Crippen molar-refractivity contribution in [1.29, 1.82) is 0 Å². The lowest BCUT2D eigenvalue weighted by Crippen LogP contribution is -2.16. The van der Waals surface area contributed by atoms with Crippen LogP contribution in [0, 0.1) is 0 Å². The number of benzene rings is 1. The molecule has 1 aromatic heterocycles. The van der Waals surface area contributed by atoms with Gasteiger partial charge in [0.1, 0.15) is 0 Å². The third-order valence-corrected chi connectivity index (χ3v) is 2.81. The van der Waals surface area contributed by atoms with Gasteiger partial charge in [0.15, 0.2) is 17.3 Å². The van der Waals surface area contributed by atoms with E-state index in [9.17, 15) is 0 Å². The topological polar surface area (TPSA) is 25.4 Å². The molecule has 1 aliphatic heterocycles. The van der Waals surface area contributed by atoms with E-state index < -0.39 is 0 Å². The van der Waals surface area contributed by atoms with Crippen LogP contribution in [0.3, 0.4) is 0 Å². The second-order valence-corrected chi connectivity index (χ2v) is 4.03. The molecule has 0 radical (unpaired) electrons. The van der Waals surface area contributed by atoms with Gasteiger partial charge in [0.25, 0.3) is 0 Å². The van der Waals surface area contributed by atoms with Crippen molar-refractivity contribution in [2.45, 2.75) is 0 Å². The molecule has 0 amide bonds. The summed E-state index contributed by atoms with van der Waals surface area (Å²) in [5, 5.41) is 0.689. The molecule has 3 nitrogen and oxygen atoms in total. The molecule has 3 rings (SSSR count). The summed E-state index contributed by atoms with van der Waals surface area (Å²) in [5.74, 6) is 2.37. The van der Waals surface area contributed by atoms with E-state index in [2.05, 4.69) is 4.98 Å². The fourth-order valence-corrected chi connectivity index (χ4v) is 1.95. The molecular formula is C12H9ClN2O. The number of halogens is 1. The van der Waals surface area contributed by atoms with Crippen LogP contribution in [-0.4, -0.2) is 12.0 Å². The maximum absolute atomic E-state index is 5.97. The molecule has 0 spiro atoms. The molecule has 80 valence electrons. The highest BCUT2D eigenvalue weighted by atomic mass is 35.5. The summed E-state index contributed by atoms with van der Waals surface area (Å²) in [6, 6.07) is 9.30. The van der Waals surface area contributed by atoms with Crippen molar-refractivity contribution in [2.24, 2.45) is 0 Å². The van der Waals surface area contributed by atoms with Crippen LogP contribution in [0.15, 0.2) is 36.5 Å². The first-order chi connectivity index (χ1) is 7.75. The Morgan fingerprint density at radius 1 is 1.25 bits per heavy atom. The molecular weight excluding hydrogens is 224 g/mol. The van der Waals surface area contributed by atoms with Gasteiger partial charge in [0.2, 0.25) is 0 Å². The average molecular weight is 233 g/mol. The Morgan fingerprint density at radius 2 is 2.12 bits per heavy atom. The van der Waals surface area contributed by atoms with Crippen molar-refractivity contribution >= 4 is 23.1 Å². The molecule has 0 aliphatic carbocycles. The number of anilines is 2. The van der Waals surface area contributed by atoms with E-state index in [0.29, 0.717) is 5.02 Å². The van der Waals surface area contributed by atoms with Crippen LogP contribution in [0.1, 0.15) is 0 Å². The normalized spacial score (nSPS) is 12.8. The van der Waals surface area contributed by atoms with Crippen LogP contribution < -0.4 is 9.64 Å². The Morgan fingerprint density at radius 3 is 3.00 bits per heavy atom. The summed E-state index contributed by atoms with van der Waals surface area (Å²) in [7, 11) is 1.95. The number of ether oxygens (including phenoxy) is 1. The molecule has 16 heavy (non-hydrogen) atoms. The number of rotatable bonds is 0. The molecule has 4 heteroatoms. The van der Waals surface area contributed by atoms with Crippen LogP contribution in [0.5, 0.6) is 11.5 Å². The zero-order valence-electron chi connectivity index (χ0n) is 8.64. The van der Waals surface area contributed by atoms with E-state index >= 15 is 0 Å². The Kier molecular flexibility index (Phi) is 2.01. The molecule has 0 atom stereocenters. The van der Waals surface area contributed by atoms with E-state index in [1.165, 1.54) is 0 Å². The highest BCUT2D eigenvalue weighted by Gasteiger charge is 2.22. The quantitative estimate of drug-likeness (QED) is 0.694. The Labute approximate surface area is 98.2 Å². The summed E-state index contributed by atoms with van der Waals surface area (Å²) >= 11 is 5.97. The number of pyridine rings is 1. The maximum atomic E-state index is 5.97. The molecule has 0 fully saturated rings. The van der Waals surface area contributed by atoms with Gasteiger partial charge in [0.05, 0.1) is 5.69 Å². The number of nitrogens with zero attached hydrogens (tertiary/aromatic N) is 2. The second kappa shape index (κ2) is 3.39.